The van der Waals surface area contributed by atoms with Crippen molar-refractivity contribution >= 4 is 23.6 Å². The number of hydrogen-bond donors (Lipinski definition) is 2. The van der Waals surface area contributed by atoms with Gasteiger partial charge >= 0.3 is 6.09 Å². The quantitative estimate of drug-likeness (QED) is 0.488. The Labute approximate surface area is 203 Å². The second-order valence-corrected chi connectivity index (χ2v) is 8.27. The van der Waals surface area contributed by atoms with E-state index in [0.717, 1.165) is 11.1 Å². The zero-order chi connectivity index (χ0) is 24.8. The van der Waals surface area contributed by atoms with Crippen molar-refractivity contribution in [3.05, 3.63) is 89.4 Å². The SMILES string of the molecule is COCC(=O)Nc1cccc([C@H]2OC(=O)N(Cc3ccc(C)cc3)[C@@H]2C(=O)NCc2ccco2)c1. The molecule has 2 heterocycles. The second-order valence-electron chi connectivity index (χ2n) is 8.27. The van der Waals surface area contributed by atoms with Crippen molar-refractivity contribution in [3.8, 4) is 0 Å². The van der Waals surface area contributed by atoms with Gasteiger partial charge in [-0.05, 0) is 42.3 Å². The third kappa shape index (κ3) is 5.88. The lowest BCUT2D eigenvalue weighted by molar-refractivity contribution is -0.126. The van der Waals surface area contributed by atoms with Crippen LogP contribution in [-0.4, -0.2) is 42.6 Å². The predicted octanol–water partition coefficient (Wildman–Crippen LogP) is 3.55. The van der Waals surface area contributed by atoms with E-state index in [1.54, 1.807) is 36.4 Å². The number of nitrogens with one attached hydrogen (secondary N) is 2. The van der Waals surface area contributed by atoms with Gasteiger partial charge in [0.15, 0.2) is 12.1 Å². The zero-order valence-corrected chi connectivity index (χ0v) is 19.5. The molecule has 1 aliphatic heterocycles. The molecule has 1 fully saturated rings. The fourth-order valence-electron chi connectivity index (χ4n) is 3.91. The number of anilines is 1. The molecule has 0 saturated carbocycles. The summed E-state index contributed by atoms with van der Waals surface area (Å²) in [6.45, 7) is 2.27. The number of amides is 3. The number of hydrogen-bond acceptors (Lipinski definition) is 6. The summed E-state index contributed by atoms with van der Waals surface area (Å²) in [4.78, 5) is 39.7. The van der Waals surface area contributed by atoms with E-state index in [9.17, 15) is 14.4 Å². The summed E-state index contributed by atoms with van der Waals surface area (Å²) >= 11 is 0. The molecule has 0 bridgehead atoms. The van der Waals surface area contributed by atoms with Crippen molar-refractivity contribution in [2.24, 2.45) is 0 Å². The standard InChI is InChI=1S/C26H27N3O6/c1-17-8-10-18(11-9-17)15-29-23(25(31)27-14-21-7-4-12-34-21)24(35-26(29)32)19-5-3-6-20(13-19)28-22(30)16-33-2/h3-13,23-24H,14-16H2,1-2H3,(H,27,31)(H,28,30)/t23-,24+/m0/s1. The van der Waals surface area contributed by atoms with Crippen molar-refractivity contribution in [1.29, 1.82) is 0 Å². The van der Waals surface area contributed by atoms with Crippen LogP contribution in [0.4, 0.5) is 10.5 Å². The maximum absolute atomic E-state index is 13.4. The fourth-order valence-corrected chi connectivity index (χ4v) is 3.91. The van der Waals surface area contributed by atoms with Crippen LogP contribution >= 0.6 is 0 Å². The minimum Gasteiger partial charge on any atom is -0.467 e. The Hall–Kier alpha value is -4.11. The molecule has 2 aromatic carbocycles. The maximum Gasteiger partial charge on any atom is 0.411 e. The highest BCUT2D eigenvalue weighted by Gasteiger charge is 2.47. The lowest BCUT2D eigenvalue weighted by Gasteiger charge is -2.24. The molecule has 0 unspecified atom stereocenters. The summed E-state index contributed by atoms with van der Waals surface area (Å²) in [7, 11) is 1.43. The molecule has 3 amide bonds. The summed E-state index contributed by atoms with van der Waals surface area (Å²) in [6, 6.07) is 17.2. The molecule has 2 atom stereocenters. The number of benzene rings is 2. The number of methoxy groups -OCH3 is 1. The first kappa shape index (κ1) is 24.0. The normalized spacial score (nSPS) is 17.2. The summed E-state index contributed by atoms with van der Waals surface area (Å²) in [5.74, 6) is -0.104. The van der Waals surface area contributed by atoms with E-state index in [1.807, 2.05) is 31.2 Å². The third-order valence-electron chi connectivity index (χ3n) is 5.62. The average Bonchev–Trinajstić information content (AvgIpc) is 3.47. The molecular formula is C26H27N3O6. The van der Waals surface area contributed by atoms with Crippen molar-refractivity contribution in [3.63, 3.8) is 0 Å². The molecule has 0 radical (unpaired) electrons. The first-order valence-electron chi connectivity index (χ1n) is 11.2. The predicted molar refractivity (Wildman–Crippen MR) is 127 cm³/mol. The molecule has 2 N–H and O–H groups in total. The molecule has 9 nitrogen and oxygen atoms in total. The van der Waals surface area contributed by atoms with E-state index in [0.29, 0.717) is 17.0 Å². The fraction of sp³-hybridized carbons (Fsp3) is 0.269. The van der Waals surface area contributed by atoms with Crippen LogP contribution < -0.4 is 10.6 Å². The molecule has 3 aromatic rings. The molecule has 35 heavy (non-hydrogen) atoms. The van der Waals surface area contributed by atoms with Gasteiger partial charge in [-0.2, -0.15) is 0 Å². The average molecular weight is 478 g/mol. The first-order chi connectivity index (χ1) is 16.9. The van der Waals surface area contributed by atoms with E-state index >= 15 is 0 Å². The number of cyclic esters (lactones) is 1. The van der Waals surface area contributed by atoms with E-state index < -0.39 is 18.2 Å². The van der Waals surface area contributed by atoms with Gasteiger partial charge in [0.05, 0.1) is 19.4 Å². The Morgan fingerprint density at radius 1 is 1.09 bits per heavy atom. The number of carbonyl (C=O) groups is 3. The van der Waals surface area contributed by atoms with Gasteiger partial charge in [0, 0.05) is 12.8 Å². The van der Waals surface area contributed by atoms with Gasteiger partial charge in [-0.1, -0.05) is 42.0 Å². The molecule has 1 saturated heterocycles. The molecule has 0 aliphatic carbocycles. The molecule has 182 valence electrons. The lowest BCUT2D eigenvalue weighted by Crippen LogP contribution is -2.46. The van der Waals surface area contributed by atoms with Crippen LogP contribution in [-0.2, 0) is 32.2 Å². The monoisotopic (exact) mass is 477 g/mol. The molecular weight excluding hydrogens is 450 g/mol. The summed E-state index contributed by atoms with van der Waals surface area (Å²) in [5.41, 5.74) is 3.05. The molecule has 1 aliphatic rings. The van der Waals surface area contributed by atoms with E-state index in [2.05, 4.69) is 10.6 Å². The highest BCUT2D eigenvalue weighted by molar-refractivity contribution is 5.92. The van der Waals surface area contributed by atoms with Crippen LogP contribution in [0, 0.1) is 6.92 Å². The third-order valence-corrected chi connectivity index (χ3v) is 5.62. The van der Waals surface area contributed by atoms with Gasteiger partial charge in [-0.15, -0.1) is 0 Å². The zero-order valence-electron chi connectivity index (χ0n) is 19.5. The van der Waals surface area contributed by atoms with E-state index in [1.165, 1.54) is 18.3 Å². The number of ether oxygens (including phenoxy) is 2. The summed E-state index contributed by atoms with van der Waals surface area (Å²) in [5, 5.41) is 5.57. The number of nitrogens with zero attached hydrogens (tertiary/aromatic N) is 1. The molecule has 0 spiro atoms. The topological polar surface area (TPSA) is 110 Å². The number of rotatable bonds is 9. The van der Waals surface area contributed by atoms with Crippen LogP contribution in [0.5, 0.6) is 0 Å². The Kier molecular flexibility index (Phi) is 7.47. The van der Waals surface area contributed by atoms with Crippen LogP contribution in [0.1, 0.15) is 28.6 Å². The van der Waals surface area contributed by atoms with E-state index in [-0.39, 0.29) is 31.5 Å². The van der Waals surface area contributed by atoms with Gasteiger partial charge in [0.1, 0.15) is 12.4 Å². The first-order valence-corrected chi connectivity index (χ1v) is 11.2. The minimum atomic E-state index is -0.927. The van der Waals surface area contributed by atoms with Crippen molar-refractivity contribution < 1.29 is 28.3 Å². The van der Waals surface area contributed by atoms with Crippen molar-refractivity contribution in [2.75, 3.05) is 19.0 Å². The van der Waals surface area contributed by atoms with Gasteiger partial charge in [0.2, 0.25) is 11.8 Å². The highest BCUT2D eigenvalue weighted by atomic mass is 16.6. The van der Waals surface area contributed by atoms with E-state index in [4.69, 9.17) is 13.9 Å². The minimum absolute atomic E-state index is 0.0925. The Balaban J connectivity index is 1.60. The second kappa shape index (κ2) is 10.9. The van der Waals surface area contributed by atoms with Gasteiger partial charge in [0.25, 0.3) is 0 Å². The Morgan fingerprint density at radius 3 is 2.60 bits per heavy atom. The summed E-state index contributed by atoms with van der Waals surface area (Å²) in [6.07, 6.45) is 0.0610. The molecule has 1 aromatic heterocycles. The van der Waals surface area contributed by atoms with Gasteiger partial charge < -0.3 is 24.5 Å². The summed E-state index contributed by atoms with van der Waals surface area (Å²) < 4.78 is 15.9. The highest BCUT2D eigenvalue weighted by Crippen LogP contribution is 2.35. The van der Waals surface area contributed by atoms with Gasteiger partial charge in [-0.25, -0.2) is 4.79 Å². The van der Waals surface area contributed by atoms with Crippen molar-refractivity contribution in [2.45, 2.75) is 32.2 Å². The number of aryl methyl sites for hydroxylation is 1. The number of carbonyl (C=O) groups excluding carboxylic acids is 3. The largest absolute Gasteiger partial charge is 0.467 e. The number of furan rings is 1. The Morgan fingerprint density at radius 2 is 1.89 bits per heavy atom. The smallest absolute Gasteiger partial charge is 0.411 e. The van der Waals surface area contributed by atoms with Crippen molar-refractivity contribution in [1.82, 2.24) is 10.2 Å². The maximum atomic E-state index is 13.4. The molecule has 4 rings (SSSR count). The van der Waals surface area contributed by atoms with Crippen LogP contribution in [0.2, 0.25) is 0 Å². The van der Waals surface area contributed by atoms with Crippen LogP contribution in [0.3, 0.4) is 0 Å². The van der Waals surface area contributed by atoms with Crippen LogP contribution in [0.25, 0.3) is 0 Å². The van der Waals surface area contributed by atoms with Crippen LogP contribution in [0.15, 0.2) is 71.3 Å². The lowest BCUT2D eigenvalue weighted by atomic mass is 10.00. The molecule has 9 heteroatoms. The van der Waals surface area contributed by atoms with Gasteiger partial charge in [-0.3, -0.25) is 14.5 Å². The Bertz CT molecular complexity index is 1180.